The summed E-state index contributed by atoms with van der Waals surface area (Å²) in [5.74, 6) is -0.0415. The van der Waals surface area contributed by atoms with Gasteiger partial charge in [-0.15, -0.1) is 0 Å². The Bertz CT molecular complexity index is 1000. The highest BCUT2D eigenvalue weighted by atomic mass is 35.5. The van der Waals surface area contributed by atoms with Crippen molar-refractivity contribution in [3.63, 3.8) is 0 Å². The van der Waals surface area contributed by atoms with Crippen molar-refractivity contribution in [3.8, 4) is 0 Å². The maximum Gasteiger partial charge on any atom is 0.254 e. The molecule has 2 aromatic carbocycles. The Balaban J connectivity index is 1.80. The summed E-state index contributed by atoms with van der Waals surface area (Å²) >= 11 is 18.3. The van der Waals surface area contributed by atoms with Gasteiger partial charge in [-0.2, -0.15) is 0 Å². The van der Waals surface area contributed by atoms with Crippen LogP contribution in [0.1, 0.15) is 47.8 Å². The van der Waals surface area contributed by atoms with Gasteiger partial charge in [-0.05, 0) is 54.4 Å². The number of hydrogen-bond acceptors (Lipinski definition) is 1. The first kappa shape index (κ1) is 22.7. The van der Waals surface area contributed by atoms with Crippen LogP contribution in [0, 0.1) is 0 Å². The minimum absolute atomic E-state index is 0.0415. The van der Waals surface area contributed by atoms with Gasteiger partial charge in [0.05, 0.1) is 16.6 Å². The standard InChI is InChI=1S/C24H25Cl3N2O/c1-2-3-4-12-29(24(30)19-10-11-22(26)23(27)15-19)17-21-9-6-13-28(21)16-18-7-5-8-20(25)14-18/h5-11,13-15H,2-4,12,16-17H2,1H3. The summed E-state index contributed by atoms with van der Waals surface area (Å²) in [4.78, 5) is 15.1. The average molecular weight is 464 g/mol. The normalized spacial score (nSPS) is 10.9. The Morgan fingerprint density at radius 1 is 0.967 bits per heavy atom. The molecule has 0 radical (unpaired) electrons. The molecule has 0 spiro atoms. The van der Waals surface area contributed by atoms with E-state index in [0.717, 1.165) is 35.5 Å². The number of benzene rings is 2. The predicted molar refractivity (Wildman–Crippen MR) is 126 cm³/mol. The molecule has 0 bridgehead atoms. The minimum atomic E-state index is -0.0415. The van der Waals surface area contributed by atoms with Gasteiger partial charge in [0, 0.05) is 35.6 Å². The molecule has 3 rings (SSSR count). The number of hydrogen-bond donors (Lipinski definition) is 0. The molecule has 30 heavy (non-hydrogen) atoms. The maximum atomic E-state index is 13.2. The third-order valence-electron chi connectivity index (χ3n) is 5.00. The molecule has 0 atom stereocenters. The lowest BCUT2D eigenvalue weighted by molar-refractivity contribution is 0.0736. The molecular formula is C24H25Cl3N2O. The molecule has 1 amide bonds. The van der Waals surface area contributed by atoms with Gasteiger partial charge in [-0.3, -0.25) is 4.79 Å². The first-order chi connectivity index (χ1) is 14.5. The van der Waals surface area contributed by atoms with Crippen LogP contribution in [0.4, 0.5) is 0 Å². The fourth-order valence-electron chi connectivity index (χ4n) is 3.39. The molecule has 0 saturated carbocycles. The fourth-order valence-corrected chi connectivity index (χ4v) is 3.90. The lowest BCUT2D eigenvalue weighted by atomic mass is 10.1. The summed E-state index contributed by atoms with van der Waals surface area (Å²) in [5, 5.41) is 1.55. The lowest BCUT2D eigenvalue weighted by Crippen LogP contribution is -2.32. The van der Waals surface area contributed by atoms with E-state index >= 15 is 0 Å². The monoisotopic (exact) mass is 462 g/mol. The van der Waals surface area contributed by atoms with Gasteiger partial charge in [0.25, 0.3) is 5.91 Å². The van der Waals surface area contributed by atoms with Gasteiger partial charge in [0.15, 0.2) is 0 Å². The van der Waals surface area contributed by atoms with E-state index in [1.807, 2.05) is 35.4 Å². The van der Waals surface area contributed by atoms with E-state index in [-0.39, 0.29) is 5.91 Å². The van der Waals surface area contributed by atoms with Crippen LogP contribution in [-0.2, 0) is 13.1 Å². The van der Waals surface area contributed by atoms with Gasteiger partial charge in [-0.25, -0.2) is 0 Å². The third-order valence-corrected chi connectivity index (χ3v) is 5.98. The van der Waals surface area contributed by atoms with Crippen LogP contribution in [0.2, 0.25) is 15.1 Å². The highest BCUT2D eigenvalue weighted by molar-refractivity contribution is 6.42. The second kappa shape index (κ2) is 10.9. The highest BCUT2D eigenvalue weighted by Gasteiger charge is 2.18. The number of carbonyl (C=O) groups excluding carboxylic acids is 1. The smallest absolute Gasteiger partial charge is 0.254 e. The van der Waals surface area contributed by atoms with E-state index in [4.69, 9.17) is 34.8 Å². The Kier molecular flexibility index (Phi) is 8.26. The summed E-state index contributed by atoms with van der Waals surface area (Å²) in [6.45, 7) is 4.07. The van der Waals surface area contributed by atoms with E-state index in [9.17, 15) is 4.79 Å². The zero-order chi connectivity index (χ0) is 21.5. The van der Waals surface area contributed by atoms with Crippen LogP contribution in [0.5, 0.6) is 0 Å². The van der Waals surface area contributed by atoms with Crippen molar-refractivity contribution < 1.29 is 4.79 Å². The van der Waals surface area contributed by atoms with Crippen LogP contribution in [0.15, 0.2) is 60.8 Å². The average Bonchev–Trinajstić information content (AvgIpc) is 3.15. The molecule has 0 aliphatic carbocycles. The zero-order valence-corrected chi connectivity index (χ0v) is 19.2. The molecular weight excluding hydrogens is 439 g/mol. The predicted octanol–water partition coefficient (Wildman–Crippen LogP) is 7.33. The lowest BCUT2D eigenvalue weighted by Gasteiger charge is -2.24. The second-order valence-corrected chi connectivity index (χ2v) is 8.57. The topological polar surface area (TPSA) is 25.2 Å². The quantitative estimate of drug-likeness (QED) is 0.305. The van der Waals surface area contributed by atoms with Crippen LogP contribution in [-0.4, -0.2) is 21.9 Å². The summed E-state index contributed by atoms with van der Waals surface area (Å²) < 4.78 is 2.15. The first-order valence-corrected chi connectivity index (χ1v) is 11.2. The largest absolute Gasteiger partial charge is 0.345 e. The molecule has 1 aromatic heterocycles. The van der Waals surface area contributed by atoms with Crippen molar-refractivity contribution in [2.24, 2.45) is 0 Å². The molecule has 1 heterocycles. The minimum Gasteiger partial charge on any atom is -0.345 e. The summed E-state index contributed by atoms with van der Waals surface area (Å²) in [5.41, 5.74) is 2.74. The SMILES string of the molecule is CCCCCN(Cc1cccn1Cc1cccc(Cl)c1)C(=O)c1ccc(Cl)c(Cl)c1. The van der Waals surface area contributed by atoms with Crippen LogP contribution in [0.3, 0.4) is 0 Å². The molecule has 0 aliphatic heterocycles. The van der Waals surface area contributed by atoms with Crippen molar-refractivity contribution in [2.45, 2.75) is 39.3 Å². The van der Waals surface area contributed by atoms with Gasteiger partial charge in [-0.1, -0.05) is 66.7 Å². The van der Waals surface area contributed by atoms with Crippen LogP contribution >= 0.6 is 34.8 Å². The van der Waals surface area contributed by atoms with Crippen LogP contribution in [0.25, 0.3) is 0 Å². The number of amides is 1. The summed E-state index contributed by atoms with van der Waals surface area (Å²) in [6, 6.07) is 16.9. The molecule has 0 fully saturated rings. The summed E-state index contributed by atoms with van der Waals surface area (Å²) in [7, 11) is 0. The number of rotatable bonds is 9. The number of carbonyl (C=O) groups is 1. The van der Waals surface area contributed by atoms with E-state index in [1.54, 1.807) is 18.2 Å². The number of unbranched alkanes of at least 4 members (excludes halogenated alkanes) is 2. The Morgan fingerprint density at radius 3 is 2.53 bits per heavy atom. The van der Waals surface area contributed by atoms with E-state index in [2.05, 4.69) is 23.6 Å². The van der Waals surface area contributed by atoms with E-state index < -0.39 is 0 Å². The first-order valence-electron chi connectivity index (χ1n) is 10.1. The van der Waals surface area contributed by atoms with Gasteiger partial charge in [0.1, 0.15) is 0 Å². The Labute approximate surface area is 193 Å². The number of aromatic nitrogens is 1. The third kappa shape index (κ3) is 6.04. The molecule has 3 aromatic rings. The van der Waals surface area contributed by atoms with Crippen LogP contribution < -0.4 is 0 Å². The van der Waals surface area contributed by atoms with Gasteiger partial charge < -0.3 is 9.47 Å². The van der Waals surface area contributed by atoms with E-state index in [1.165, 1.54) is 0 Å². The summed E-state index contributed by atoms with van der Waals surface area (Å²) in [6.07, 6.45) is 5.16. The van der Waals surface area contributed by atoms with Crippen molar-refractivity contribution in [1.29, 1.82) is 0 Å². The van der Waals surface area contributed by atoms with Gasteiger partial charge >= 0.3 is 0 Å². The van der Waals surface area contributed by atoms with Gasteiger partial charge in [0.2, 0.25) is 0 Å². The molecule has 0 unspecified atom stereocenters. The Morgan fingerprint density at radius 2 is 1.80 bits per heavy atom. The molecule has 158 valence electrons. The molecule has 0 saturated heterocycles. The van der Waals surface area contributed by atoms with Crippen molar-refractivity contribution in [3.05, 3.63) is 92.7 Å². The fraction of sp³-hybridized carbons (Fsp3) is 0.292. The molecule has 6 heteroatoms. The zero-order valence-electron chi connectivity index (χ0n) is 17.0. The number of nitrogens with zero attached hydrogens (tertiary/aromatic N) is 2. The van der Waals surface area contributed by atoms with Crippen molar-refractivity contribution in [2.75, 3.05) is 6.54 Å². The van der Waals surface area contributed by atoms with E-state index in [0.29, 0.717) is 35.2 Å². The Hall–Kier alpha value is -1.94. The molecule has 0 aliphatic rings. The molecule has 0 N–H and O–H groups in total. The van der Waals surface area contributed by atoms with Crippen molar-refractivity contribution in [1.82, 2.24) is 9.47 Å². The molecule has 3 nitrogen and oxygen atoms in total. The maximum absolute atomic E-state index is 13.2. The second-order valence-electron chi connectivity index (χ2n) is 7.32. The van der Waals surface area contributed by atoms with Crippen molar-refractivity contribution >= 4 is 40.7 Å². The highest BCUT2D eigenvalue weighted by Crippen LogP contribution is 2.24. The number of halogens is 3.